The maximum absolute atomic E-state index is 4.40. The van der Waals surface area contributed by atoms with Gasteiger partial charge in [-0.3, -0.25) is 0 Å². The molecular weight excluding hydrogens is 448 g/mol. The van der Waals surface area contributed by atoms with E-state index in [0.29, 0.717) is 12.0 Å². The Balaban J connectivity index is 1.62. The SMILES string of the molecule is CCCCCCCCCCCCCCCCCCC(Cc1ccccc1)C(CCCCC)n1ccnc1. The maximum atomic E-state index is 4.40. The monoisotopic (exact) mass is 508 g/mol. The quantitative estimate of drug-likeness (QED) is 0.122. The third kappa shape index (κ3) is 15.4. The van der Waals surface area contributed by atoms with Gasteiger partial charge >= 0.3 is 0 Å². The van der Waals surface area contributed by atoms with Crippen LogP contribution in [0.3, 0.4) is 0 Å². The second kappa shape index (κ2) is 22.4. The molecule has 2 aromatic rings. The smallest absolute Gasteiger partial charge is 0.0948 e. The van der Waals surface area contributed by atoms with Gasteiger partial charge in [0.15, 0.2) is 0 Å². The van der Waals surface area contributed by atoms with Crippen LogP contribution in [0.1, 0.15) is 160 Å². The average molecular weight is 509 g/mol. The summed E-state index contributed by atoms with van der Waals surface area (Å²) < 4.78 is 2.41. The largest absolute Gasteiger partial charge is 0.334 e. The average Bonchev–Trinajstić information content (AvgIpc) is 3.46. The lowest BCUT2D eigenvalue weighted by Gasteiger charge is -2.29. The molecule has 0 saturated carbocycles. The van der Waals surface area contributed by atoms with E-state index >= 15 is 0 Å². The first-order chi connectivity index (χ1) is 18.3. The Morgan fingerprint density at radius 2 is 1.08 bits per heavy atom. The summed E-state index contributed by atoms with van der Waals surface area (Å²) in [5.74, 6) is 0.695. The zero-order valence-corrected chi connectivity index (χ0v) is 24.7. The number of aromatic nitrogens is 2. The van der Waals surface area contributed by atoms with Crippen LogP contribution < -0.4 is 0 Å². The van der Waals surface area contributed by atoms with E-state index in [9.17, 15) is 0 Å². The Kier molecular flexibility index (Phi) is 19.2. The van der Waals surface area contributed by atoms with Gasteiger partial charge in [-0.2, -0.15) is 0 Å². The summed E-state index contributed by atoms with van der Waals surface area (Å²) in [5.41, 5.74) is 1.49. The van der Waals surface area contributed by atoms with E-state index in [1.807, 2.05) is 6.20 Å². The highest BCUT2D eigenvalue weighted by molar-refractivity contribution is 5.15. The normalized spacial score (nSPS) is 13.1. The lowest BCUT2D eigenvalue weighted by molar-refractivity contribution is 0.276. The topological polar surface area (TPSA) is 17.8 Å². The molecule has 0 aliphatic rings. The van der Waals surface area contributed by atoms with Crippen LogP contribution in [0.25, 0.3) is 0 Å². The molecule has 210 valence electrons. The predicted octanol–water partition coefficient (Wildman–Crippen LogP) is 11.5. The van der Waals surface area contributed by atoms with Crippen molar-refractivity contribution >= 4 is 0 Å². The number of hydrogen-bond acceptors (Lipinski definition) is 1. The van der Waals surface area contributed by atoms with Crippen molar-refractivity contribution in [1.29, 1.82) is 0 Å². The molecule has 2 nitrogen and oxygen atoms in total. The van der Waals surface area contributed by atoms with Crippen LogP contribution in [-0.4, -0.2) is 9.55 Å². The van der Waals surface area contributed by atoms with Crippen molar-refractivity contribution in [2.75, 3.05) is 0 Å². The fourth-order valence-electron chi connectivity index (χ4n) is 6.00. The fourth-order valence-corrected chi connectivity index (χ4v) is 6.00. The van der Waals surface area contributed by atoms with Gasteiger partial charge in [0.05, 0.1) is 6.33 Å². The molecule has 0 aliphatic carbocycles. The van der Waals surface area contributed by atoms with Crippen molar-refractivity contribution in [2.24, 2.45) is 5.92 Å². The van der Waals surface area contributed by atoms with Gasteiger partial charge in [0, 0.05) is 18.4 Å². The van der Waals surface area contributed by atoms with Gasteiger partial charge in [0.1, 0.15) is 0 Å². The lowest BCUT2D eigenvalue weighted by atomic mass is 9.84. The lowest BCUT2D eigenvalue weighted by Crippen LogP contribution is -2.21. The van der Waals surface area contributed by atoms with Crippen LogP contribution in [0.5, 0.6) is 0 Å². The van der Waals surface area contributed by atoms with E-state index in [0.717, 1.165) is 0 Å². The van der Waals surface area contributed by atoms with Crippen LogP contribution >= 0.6 is 0 Å². The number of unbranched alkanes of at least 4 members (excludes halogenated alkanes) is 17. The number of hydrogen-bond donors (Lipinski definition) is 0. The first kappa shape index (κ1) is 31.6. The number of benzene rings is 1. The minimum absolute atomic E-state index is 0.575. The van der Waals surface area contributed by atoms with Crippen molar-refractivity contribution in [1.82, 2.24) is 9.55 Å². The van der Waals surface area contributed by atoms with E-state index in [1.165, 1.54) is 147 Å². The van der Waals surface area contributed by atoms with Crippen LogP contribution in [0, 0.1) is 5.92 Å². The first-order valence-corrected chi connectivity index (χ1v) is 16.4. The molecule has 0 bridgehead atoms. The molecule has 2 unspecified atom stereocenters. The Hall–Kier alpha value is -1.57. The van der Waals surface area contributed by atoms with E-state index < -0.39 is 0 Å². The van der Waals surface area contributed by atoms with Gasteiger partial charge in [-0.15, -0.1) is 0 Å². The number of rotatable bonds is 25. The van der Waals surface area contributed by atoms with E-state index in [1.54, 1.807) is 0 Å². The van der Waals surface area contributed by atoms with Gasteiger partial charge in [0.2, 0.25) is 0 Å². The summed E-state index contributed by atoms with van der Waals surface area (Å²) in [6.45, 7) is 4.61. The summed E-state index contributed by atoms with van der Waals surface area (Å²) >= 11 is 0. The molecule has 2 heteroatoms. The number of nitrogens with zero attached hydrogens (tertiary/aromatic N) is 2. The molecule has 0 amide bonds. The molecule has 1 heterocycles. The van der Waals surface area contributed by atoms with Crippen molar-refractivity contribution < 1.29 is 0 Å². The highest BCUT2D eigenvalue weighted by Crippen LogP contribution is 2.32. The van der Waals surface area contributed by atoms with Gasteiger partial charge in [-0.25, -0.2) is 4.98 Å². The van der Waals surface area contributed by atoms with Gasteiger partial charge in [-0.1, -0.05) is 166 Å². The molecule has 1 aromatic carbocycles. The third-order valence-electron chi connectivity index (χ3n) is 8.32. The summed E-state index contributed by atoms with van der Waals surface area (Å²) in [5, 5.41) is 0. The minimum atomic E-state index is 0.575. The van der Waals surface area contributed by atoms with E-state index in [2.05, 4.69) is 66.3 Å². The van der Waals surface area contributed by atoms with Crippen molar-refractivity contribution in [2.45, 2.75) is 161 Å². The Labute approximate surface area is 231 Å². The van der Waals surface area contributed by atoms with Gasteiger partial charge in [-0.05, 0) is 30.7 Å². The standard InChI is InChI=1S/C35H60N2/c1-3-5-7-8-9-10-11-12-13-14-15-16-17-18-19-24-27-34(31-33-25-22-20-23-26-33)35(28-21-6-4-2)37-30-29-36-32-37/h20,22-23,25-26,29-30,32,34-35H,3-19,21,24,27-28,31H2,1-2H3. The molecule has 2 atom stereocenters. The summed E-state index contributed by atoms with van der Waals surface area (Å²) in [4.78, 5) is 4.40. The Morgan fingerprint density at radius 3 is 1.59 bits per heavy atom. The summed E-state index contributed by atoms with van der Waals surface area (Å²) in [7, 11) is 0. The second-order valence-electron chi connectivity index (χ2n) is 11.6. The van der Waals surface area contributed by atoms with E-state index in [-0.39, 0.29) is 0 Å². The van der Waals surface area contributed by atoms with Gasteiger partial charge in [0.25, 0.3) is 0 Å². The second-order valence-corrected chi connectivity index (χ2v) is 11.6. The molecule has 2 rings (SSSR count). The summed E-state index contributed by atoms with van der Waals surface area (Å²) in [6.07, 6.45) is 37.0. The molecule has 0 radical (unpaired) electrons. The Bertz CT molecular complexity index is 708. The van der Waals surface area contributed by atoms with Crippen molar-refractivity contribution in [3.63, 3.8) is 0 Å². The van der Waals surface area contributed by atoms with Crippen LogP contribution in [0.15, 0.2) is 49.1 Å². The zero-order chi connectivity index (χ0) is 26.2. The highest BCUT2D eigenvalue weighted by Gasteiger charge is 2.22. The molecule has 37 heavy (non-hydrogen) atoms. The first-order valence-electron chi connectivity index (χ1n) is 16.4. The molecule has 0 saturated heterocycles. The van der Waals surface area contributed by atoms with Crippen LogP contribution in [-0.2, 0) is 6.42 Å². The zero-order valence-electron chi connectivity index (χ0n) is 24.7. The Morgan fingerprint density at radius 1 is 0.595 bits per heavy atom. The molecule has 0 N–H and O–H groups in total. The number of imidazole rings is 1. The molecule has 0 spiro atoms. The van der Waals surface area contributed by atoms with Crippen molar-refractivity contribution in [3.05, 3.63) is 54.6 Å². The predicted molar refractivity (Wildman–Crippen MR) is 163 cm³/mol. The highest BCUT2D eigenvalue weighted by atomic mass is 15.1. The minimum Gasteiger partial charge on any atom is -0.334 e. The molecular formula is C35H60N2. The maximum Gasteiger partial charge on any atom is 0.0948 e. The molecule has 0 aliphatic heterocycles. The van der Waals surface area contributed by atoms with E-state index in [4.69, 9.17) is 0 Å². The van der Waals surface area contributed by atoms with Gasteiger partial charge < -0.3 is 4.57 Å². The fraction of sp³-hybridized carbons (Fsp3) is 0.743. The molecule has 1 aromatic heterocycles. The molecule has 0 fully saturated rings. The van der Waals surface area contributed by atoms with Crippen LogP contribution in [0.4, 0.5) is 0 Å². The van der Waals surface area contributed by atoms with Crippen molar-refractivity contribution in [3.8, 4) is 0 Å². The third-order valence-corrected chi connectivity index (χ3v) is 8.32. The summed E-state index contributed by atoms with van der Waals surface area (Å²) in [6, 6.07) is 11.7. The van der Waals surface area contributed by atoms with Crippen LogP contribution in [0.2, 0.25) is 0 Å².